The van der Waals surface area contributed by atoms with E-state index in [2.05, 4.69) is 10.4 Å². The number of carbonyl (C=O) groups excluding carboxylic acids is 3. The van der Waals surface area contributed by atoms with E-state index in [4.69, 9.17) is 4.74 Å². The fourth-order valence-electron chi connectivity index (χ4n) is 4.19. The van der Waals surface area contributed by atoms with Crippen LogP contribution < -0.4 is 5.32 Å². The third-order valence-corrected chi connectivity index (χ3v) is 6.13. The molecule has 34 heavy (non-hydrogen) atoms. The Hall–Kier alpha value is -3.75. The maximum absolute atomic E-state index is 14.5. The van der Waals surface area contributed by atoms with Gasteiger partial charge in [0.15, 0.2) is 5.69 Å². The van der Waals surface area contributed by atoms with Crippen molar-refractivity contribution < 1.29 is 23.5 Å². The Kier molecular flexibility index (Phi) is 6.63. The highest BCUT2D eigenvalue weighted by atomic mass is 19.1. The molecule has 1 aromatic carbocycles. The number of halogens is 1. The molecule has 2 amide bonds. The van der Waals surface area contributed by atoms with Gasteiger partial charge in [-0.15, -0.1) is 0 Å². The smallest absolute Gasteiger partial charge is 0.358 e. The van der Waals surface area contributed by atoms with Crippen molar-refractivity contribution in [2.24, 2.45) is 0 Å². The van der Waals surface area contributed by atoms with Gasteiger partial charge in [-0.05, 0) is 43.9 Å². The van der Waals surface area contributed by atoms with Crippen LogP contribution in [0.2, 0.25) is 0 Å². The van der Waals surface area contributed by atoms with Crippen molar-refractivity contribution in [1.29, 1.82) is 0 Å². The van der Waals surface area contributed by atoms with Crippen LogP contribution in [-0.4, -0.2) is 51.2 Å². The predicted molar refractivity (Wildman–Crippen MR) is 122 cm³/mol. The highest BCUT2D eigenvalue weighted by molar-refractivity contribution is 6.01. The first-order valence-electron chi connectivity index (χ1n) is 11.3. The minimum absolute atomic E-state index is 0.00918. The first kappa shape index (κ1) is 23.4. The minimum Gasteiger partial charge on any atom is -0.461 e. The lowest BCUT2D eigenvalue weighted by molar-refractivity contribution is -0.133. The van der Waals surface area contributed by atoms with Crippen molar-refractivity contribution in [3.05, 3.63) is 76.9 Å². The molecule has 2 heterocycles. The van der Waals surface area contributed by atoms with Crippen LogP contribution in [0.25, 0.3) is 0 Å². The molecule has 1 aliphatic heterocycles. The first-order valence-corrected chi connectivity index (χ1v) is 11.3. The molecule has 1 unspecified atom stereocenters. The van der Waals surface area contributed by atoms with Crippen molar-refractivity contribution in [3.63, 3.8) is 0 Å². The summed E-state index contributed by atoms with van der Waals surface area (Å²) in [6.07, 6.45) is 4.25. The maximum Gasteiger partial charge on any atom is 0.358 e. The van der Waals surface area contributed by atoms with Gasteiger partial charge in [-0.2, -0.15) is 5.10 Å². The number of nitrogens with zero attached hydrogens (tertiary/aromatic N) is 3. The molecule has 178 valence electrons. The minimum atomic E-state index is -1.36. The van der Waals surface area contributed by atoms with Gasteiger partial charge in [-0.1, -0.05) is 36.4 Å². The number of esters is 1. The third kappa shape index (κ3) is 4.50. The van der Waals surface area contributed by atoms with Crippen LogP contribution in [0, 0.1) is 0 Å². The van der Waals surface area contributed by atoms with E-state index in [1.807, 2.05) is 30.3 Å². The lowest BCUT2D eigenvalue weighted by Crippen LogP contribution is -2.64. The number of fused-ring (bicyclic) bond motifs is 1. The SMILES string of the molecule is CCOC(=O)c1cc2n(n1)CC(C)(C(=O)NCc1ccccc1)N(CC1=C(F)C=CCC1)C2=O. The van der Waals surface area contributed by atoms with Gasteiger partial charge in [-0.25, -0.2) is 9.18 Å². The number of carbonyl (C=O) groups is 3. The normalized spacial score (nSPS) is 19.7. The fraction of sp³-hybridized carbons (Fsp3) is 0.360. The van der Waals surface area contributed by atoms with E-state index >= 15 is 0 Å². The van der Waals surface area contributed by atoms with Crippen molar-refractivity contribution in [2.45, 2.75) is 45.3 Å². The molecule has 0 spiro atoms. The molecule has 8 nitrogen and oxygen atoms in total. The van der Waals surface area contributed by atoms with E-state index in [-0.39, 0.29) is 37.6 Å². The summed E-state index contributed by atoms with van der Waals surface area (Å²) in [5.74, 6) is -1.93. The van der Waals surface area contributed by atoms with E-state index in [0.29, 0.717) is 18.4 Å². The summed E-state index contributed by atoms with van der Waals surface area (Å²) >= 11 is 0. The molecule has 1 atom stereocenters. The van der Waals surface area contributed by atoms with Crippen molar-refractivity contribution in [2.75, 3.05) is 13.2 Å². The highest BCUT2D eigenvalue weighted by Crippen LogP contribution is 2.31. The van der Waals surface area contributed by atoms with E-state index < -0.39 is 29.1 Å². The van der Waals surface area contributed by atoms with Gasteiger partial charge in [0.25, 0.3) is 5.91 Å². The summed E-state index contributed by atoms with van der Waals surface area (Å²) in [5, 5.41) is 7.13. The number of aromatic nitrogens is 2. The Bertz CT molecular complexity index is 1170. The van der Waals surface area contributed by atoms with E-state index in [1.54, 1.807) is 19.9 Å². The van der Waals surface area contributed by atoms with Crippen LogP contribution in [0.5, 0.6) is 0 Å². The zero-order chi connectivity index (χ0) is 24.3. The second kappa shape index (κ2) is 9.62. The summed E-state index contributed by atoms with van der Waals surface area (Å²) in [5.41, 5.74) is 0.152. The molecule has 0 saturated carbocycles. The standard InChI is InChI=1S/C25H27FN4O4/c1-3-34-23(32)20-13-21-22(31)29(15-18-11-7-8-12-19(18)26)25(2,16-30(21)28-20)24(33)27-14-17-9-5-4-6-10-17/h4-6,8-10,12-13H,3,7,11,14-16H2,1-2H3,(H,27,33). The molecule has 0 fully saturated rings. The zero-order valence-electron chi connectivity index (χ0n) is 19.2. The van der Waals surface area contributed by atoms with Gasteiger partial charge in [0, 0.05) is 19.2 Å². The lowest BCUT2D eigenvalue weighted by atomic mass is 9.92. The molecule has 4 rings (SSSR count). The monoisotopic (exact) mass is 466 g/mol. The quantitative estimate of drug-likeness (QED) is 0.633. The van der Waals surface area contributed by atoms with E-state index in [0.717, 1.165) is 5.56 Å². The second-order valence-electron chi connectivity index (χ2n) is 8.52. The Morgan fingerprint density at radius 3 is 2.74 bits per heavy atom. The Balaban J connectivity index is 1.67. The number of rotatable bonds is 7. The van der Waals surface area contributed by atoms with Crippen LogP contribution in [0.3, 0.4) is 0 Å². The average Bonchev–Trinajstić information content (AvgIpc) is 3.26. The summed E-state index contributed by atoms with van der Waals surface area (Å²) < 4.78 is 20.9. The summed E-state index contributed by atoms with van der Waals surface area (Å²) in [4.78, 5) is 40.6. The lowest BCUT2D eigenvalue weighted by Gasteiger charge is -2.43. The summed E-state index contributed by atoms with van der Waals surface area (Å²) in [6.45, 7) is 3.73. The molecular formula is C25H27FN4O4. The van der Waals surface area contributed by atoms with Gasteiger partial charge < -0.3 is 15.0 Å². The summed E-state index contributed by atoms with van der Waals surface area (Å²) in [7, 11) is 0. The number of allylic oxidation sites excluding steroid dienone is 3. The average molecular weight is 467 g/mol. The van der Waals surface area contributed by atoms with Crippen LogP contribution >= 0.6 is 0 Å². The molecule has 0 bridgehead atoms. The predicted octanol–water partition coefficient (Wildman–Crippen LogP) is 3.16. The van der Waals surface area contributed by atoms with Crippen LogP contribution in [0.15, 0.2) is 60.0 Å². The van der Waals surface area contributed by atoms with Crippen LogP contribution in [0.1, 0.15) is 53.2 Å². The molecule has 1 aromatic heterocycles. The topological polar surface area (TPSA) is 93.5 Å². The largest absolute Gasteiger partial charge is 0.461 e. The number of amides is 2. The fourth-order valence-corrected chi connectivity index (χ4v) is 4.19. The van der Waals surface area contributed by atoms with Crippen molar-refractivity contribution in [1.82, 2.24) is 20.0 Å². The summed E-state index contributed by atoms with van der Waals surface area (Å²) in [6, 6.07) is 10.8. The van der Waals surface area contributed by atoms with Crippen LogP contribution in [-0.2, 0) is 22.6 Å². The molecule has 9 heteroatoms. The van der Waals surface area contributed by atoms with Crippen LogP contribution in [0.4, 0.5) is 4.39 Å². The number of hydrogen-bond acceptors (Lipinski definition) is 5. The first-order chi connectivity index (χ1) is 16.3. The van der Waals surface area contributed by atoms with Crippen molar-refractivity contribution in [3.8, 4) is 0 Å². The molecule has 0 radical (unpaired) electrons. The Morgan fingerprint density at radius 1 is 1.26 bits per heavy atom. The number of hydrogen-bond donors (Lipinski definition) is 1. The van der Waals surface area contributed by atoms with Gasteiger partial charge in [-0.3, -0.25) is 14.3 Å². The van der Waals surface area contributed by atoms with E-state index in [1.165, 1.54) is 21.7 Å². The zero-order valence-corrected chi connectivity index (χ0v) is 19.2. The maximum atomic E-state index is 14.5. The van der Waals surface area contributed by atoms with Gasteiger partial charge in [0.2, 0.25) is 5.91 Å². The van der Waals surface area contributed by atoms with Gasteiger partial charge >= 0.3 is 5.97 Å². The third-order valence-electron chi connectivity index (χ3n) is 6.13. The molecule has 1 N–H and O–H groups in total. The van der Waals surface area contributed by atoms with E-state index in [9.17, 15) is 18.8 Å². The van der Waals surface area contributed by atoms with Gasteiger partial charge in [0.05, 0.1) is 13.2 Å². The number of ether oxygens (including phenoxy) is 1. The second-order valence-corrected chi connectivity index (χ2v) is 8.52. The molecule has 2 aliphatic rings. The van der Waals surface area contributed by atoms with Crippen molar-refractivity contribution >= 4 is 17.8 Å². The molecule has 0 saturated heterocycles. The Morgan fingerprint density at radius 2 is 2.03 bits per heavy atom. The molecular weight excluding hydrogens is 439 g/mol. The number of nitrogens with one attached hydrogen (secondary N) is 1. The number of benzene rings is 1. The molecule has 1 aliphatic carbocycles. The highest BCUT2D eigenvalue weighted by Gasteiger charge is 2.48. The Labute approximate surface area is 197 Å². The van der Waals surface area contributed by atoms with Gasteiger partial charge in [0.1, 0.15) is 17.1 Å². The molecule has 2 aromatic rings.